The fourth-order valence-electron chi connectivity index (χ4n) is 2.16. The largest absolute Gasteiger partial charge is 0.448 e. The summed E-state index contributed by atoms with van der Waals surface area (Å²) in [5.74, 6) is 0.832. The van der Waals surface area contributed by atoms with E-state index in [0.717, 1.165) is 12.2 Å². The van der Waals surface area contributed by atoms with Crippen LogP contribution in [0.2, 0.25) is 0 Å². The first-order valence-electron chi connectivity index (χ1n) is 5.70. The molecular weight excluding hydrogens is 234 g/mol. The number of nitrogens with zero attached hydrogens (tertiary/aromatic N) is 3. The SMILES string of the molecule is Nc1nc2c(c(=O)[nH]1)CN(Cc1ncco1)CC2. The Balaban J connectivity index is 1.83. The quantitative estimate of drug-likeness (QED) is 0.768. The molecule has 18 heavy (non-hydrogen) atoms. The maximum Gasteiger partial charge on any atom is 0.257 e. The van der Waals surface area contributed by atoms with Gasteiger partial charge in [-0.25, -0.2) is 9.97 Å². The summed E-state index contributed by atoms with van der Waals surface area (Å²) in [6.07, 6.45) is 3.87. The first-order chi connectivity index (χ1) is 8.72. The summed E-state index contributed by atoms with van der Waals surface area (Å²) in [6.45, 7) is 1.95. The average molecular weight is 247 g/mol. The van der Waals surface area contributed by atoms with Gasteiger partial charge in [0.2, 0.25) is 11.8 Å². The van der Waals surface area contributed by atoms with E-state index in [4.69, 9.17) is 10.2 Å². The van der Waals surface area contributed by atoms with Gasteiger partial charge in [0.25, 0.3) is 5.56 Å². The minimum Gasteiger partial charge on any atom is -0.448 e. The molecule has 3 rings (SSSR count). The van der Waals surface area contributed by atoms with Crippen LogP contribution in [-0.2, 0) is 19.5 Å². The molecule has 7 heteroatoms. The van der Waals surface area contributed by atoms with E-state index in [-0.39, 0.29) is 11.5 Å². The zero-order chi connectivity index (χ0) is 12.5. The van der Waals surface area contributed by atoms with E-state index in [1.54, 1.807) is 12.5 Å². The van der Waals surface area contributed by atoms with Gasteiger partial charge in [0.1, 0.15) is 6.26 Å². The highest BCUT2D eigenvalue weighted by atomic mass is 16.3. The van der Waals surface area contributed by atoms with E-state index in [2.05, 4.69) is 19.9 Å². The summed E-state index contributed by atoms with van der Waals surface area (Å²) in [6, 6.07) is 0. The molecule has 0 amide bonds. The molecule has 0 saturated heterocycles. The second kappa shape index (κ2) is 4.26. The van der Waals surface area contributed by atoms with Crippen molar-refractivity contribution in [1.29, 1.82) is 0 Å². The molecule has 3 N–H and O–H groups in total. The summed E-state index contributed by atoms with van der Waals surface area (Å²) in [4.78, 5) is 24.6. The molecular formula is C11H13N5O2. The van der Waals surface area contributed by atoms with Gasteiger partial charge in [0.15, 0.2) is 0 Å². The Morgan fingerprint density at radius 1 is 1.56 bits per heavy atom. The number of hydrogen-bond acceptors (Lipinski definition) is 6. The third kappa shape index (κ3) is 2.00. The van der Waals surface area contributed by atoms with Crippen molar-refractivity contribution in [1.82, 2.24) is 19.9 Å². The molecule has 0 atom stereocenters. The molecule has 1 aliphatic heterocycles. The smallest absolute Gasteiger partial charge is 0.257 e. The number of aromatic amines is 1. The third-order valence-corrected chi connectivity index (χ3v) is 3.01. The maximum absolute atomic E-state index is 11.8. The molecule has 0 unspecified atom stereocenters. The first-order valence-corrected chi connectivity index (χ1v) is 5.70. The Labute approximate surface area is 103 Å². The summed E-state index contributed by atoms with van der Waals surface area (Å²) in [7, 11) is 0. The molecule has 0 fully saturated rings. The highest BCUT2D eigenvalue weighted by molar-refractivity contribution is 5.27. The molecule has 0 saturated carbocycles. The standard InChI is InChI=1S/C11H13N5O2/c12-11-14-8-1-3-16(5-7(8)10(17)15-11)6-9-13-2-4-18-9/h2,4H,1,3,5-6H2,(H3,12,14,15,17). The third-order valence-electron chi connectivity index (χ3n) is 3.01. The van der Waals surface area contributed by atoms with Crippen molar-refractivity contribution in [3.8, 4) is 0 Å². The molecule has 0 aliphatic carbocycles. The van der Waals surface area contributed by atoms with Crippen LogP contribution >= 0.6 is 0 Å². The summed E-state index contributed by atoms with van der Waals surface area (Å²) in [5, 5.41) is 0. The number of hydrogen-bond donors (Lipinski definition) is 2. The Hall–Kier alpha value is -2.15. The van der Waals surface area contributed by atoms with Crippen LogP contribution in [0.5, 0.6) is 0 Å². The summed E-state index contributed by atoms with van der Waals surface area (Å²) in [5.41, 5.74) is 6.84. The van der Waals surface area contributed by atoms with Crippen LogP contribution < -0.4 is 11.3 Å². The zero-order valence-corrected chi connectivity index (χ0v) is 9.72. The van der Waals surface area contributed by atoms with Gasteiger partial charge in [0.05, 0.1) is 24.0 Å². The van der Waals surface area contributed by atoms with Crippen molar-refractivity contribution >= 4 is 5.95 Å². The van der Waals surface area contributed by atoms with Crippen molar-refractivity contribution in [2.45, 2.75) is 19.5 Å². The first kappa shape index (κ1) is 11.0. The number of fused-ring (bicyclic) bond motifs is 1. The molecule has 0 bridgehead atoms. The number of anilines is 1. The molecule has 94 valence electrons. The number of nitrogen functional groups attached to an aromatic ring is 1. The van der Waals surface area contributed by atoms with Gasteiger partial charge in [-0.05, 0) is 0 Å². The predicted octanol–water partition coefficient (Wildman–Crippen LogP) is -0.102. The molecule has 0 spiro atoms. The van der Waals surface area contributed by atoms with Crippen LogP contribution in [0.1, 0.15) is 17.1 Å². The molecule has 2 aromatic rings. The average Bonchev–Trinajstić information content (AvgIpc) is 2.83. The summed E-state index contributed by atoms with van der Waals surface area (Å²) >= 11 is 0. The van der Waals surface area contributed by atoms with Crippen molar-refractivity contribution in [2.24, 2.45) is 0 Å². The number of nitrogens with one attached hydrogen (secondary N) is 1. The summed E-state index contributed by atoms with van der Waals surface area (Å²) < 4.78 is 5.20. The van der Waals surface area contributed by atoms with Gasteiger partial charge in [-0.3, -0.25) is 14.7 Å². The zero-order valence-electron chi connectivity index (χ0n) is 9.72. The van der Waals surface area contributed by atoms with Crippen LogP contribution in [0.4, 0.5) is 5.95 Å². The monoisotopic (exact) mass is 247 g/mol. The van der Waals surface area contributed by atoms with E-state index >= 15 is 0 Å². The van der Waals surface area contributed by atoms with Crippen molar-refractivity contribution < 1.29 is 4.42 Å². The van der Waals surface area contributed by atoms with Crippen LogP contribution in [0.3, 0.4) is 0 Å². The van der Waals surface area contributed by atoms with E-state index in [9.17, 15) is 4.79 Å². The molecule has 7 nitrogen and oxygen atoms in total. The van der Waals surface area contributed by atoms with E-state index in [1.165, 1.54) is 0 Å². The lowest BCUT2D eigenvalue weighted by molar-refractivity contribution is 0.218. The molecule has 1 aliphatic rings. The lowest BCUT2D eigenvalue weighted by atomic mass is 10.1. The topological polar surface area (TPSA) is 101 Å². The molecule has 0 aromatic carbocycles. The van der Waals surface area contributed by atoms with Gasteiger partial charge in [0, 0.05) is 19.5 Å². The van der Waals surface area contributed by atoms with Crippen molar-refractivity contribution in [3.05, 3.63) is 40.0 Å². The van der Waals surface area contributed by atoms with E-state index in [1.807, 2.05) is 0 Å². The fraction of sp³-hybridized carbons (Fsp3) is 0.364. The molecule has 0 radical (unpaired) electrons. The van der Waals surface area contributed by atoms with Gasteiger partial charge in [-0.2, -0.15) is 0 Å². The predicted molar refractivity (Wildman–Crippen MR) is 63.6 cm³/mol. The van der Waals surface area contributed by atoms with Crippen molar-refractivity contribution in [3.63, 3.8) is 0 Å². The number of aromatic nitrogens is 3. The van der Waals surface area contributed by atoms with Crippen LogP contribution in [-0.4, -0.2) is 26.4 Å². The number of H-pyrrole nitrogens is 1. The highest BCUT2D eigenvalue weighted by Gasteiger charge is 2.21. The lowest BCUT2D eigenvalue weighted by Gasteiger charge is -2.26. The minimum absolute atomic E-state index is 0.158. The highest BCUT2D eigenvalue weighted by Crippen LogP contribution is 2.15. The lowest BCUT2D eigenvalue weighted by Crippen LogP contribution is -2.35. The second-order valence-electron chi connectivity index (χ2n) is 4.26. The van der Waals surface area contributed by atoms with Crippen LogP contribution in [0, 0.1) is 0 Å². The Bertz CT molecular complexity index is 604. The van der Waals surface area contributed by atoms with E-state index in [0.29, 0.717) is 31.0 Å². The Morgan fingerprint density at radius 3 is 3.22 bits per heavy atom. The number of oxazole rings is 1. The maximum atomic E-state index is 11.8. The van der Waals surface area contributed by atoms with Crippen LogP contribution in [0.25, 0.3) is 0 Å². The van der Waals surface area contributed by atoms with Crippen molar-refractivity contribution in [2.75, 3.05) is 12.3 Å². The Morgan fingerprint density at radius 2 is 2.44 bits per heavy atom. The molecule has 2 aromatic heterocycles. The molecule has 3 heterocycles. The van der Waals surface area contributed by atoms with Gasteiger partial charge in [-0.1, -0.05) is 0 Å². The normalized spacial score (nSPS) is 15.6. The van der Waals surface area contributed by atoms with E-state index < -0.39 is 0 Å². The number of rotatable bonds is 2. The number of nitrogens with two attached hydrogens (primary N) is 1. The van der Waals surface area contributed by atoms with Crippen LogP contribution in [0.15, 0.2) is 21.7 Å². The van der Waals surface area contributed by atoms with Gasteiger partial charge in [-0.15, -0.1) is 0 Å². The van der Waals surface area contributed by atoms with Gasteiger partial charge >= 0.3 is 0 Å². The minimum atomic E-state index is -0.158. The second-order valence-corrected chi connectivity index (χ2v) is 4.26. The Kier molecular flexibility index (Phi) is 2.60. The van der Waals surface area contributed by atoms with Gasteiger partial charge < -0.3 is 10.2 Å². The fourth-order valence-corrected chi connectivity index (χ4v) is 2.16.